The Morgan fingerprint density at radius 3 is 3.06 bits per heavy atom. The molecule has 0 saturated carbocycles. The second-order valence-corrected chi connectivity index (χ2v) is 4.61. The number of benzene rings is 1. The fourth-order valence-electron chi connectivity index (χ4n) is 1.78. The summed E-state index contributed by atoms with van der Waals surface area (Å²) in [7, 11) is 0. The number of amidine groups is 1. The van der Waals surface area contributed by atoms with E-state index in [1.165, 1.54) is 12.1 Å². The zero-order valence-electron chi connectivity index (χ0n) is 9.90. The summed E-state index contributed by atoms with van der Waals surface area (Å²) in [5, 5.41) is 0.342. The Bertz CT molecular complexity index is 467. The van der Waals surface area contributed by atoms with Gasteiger partial charge < -0.3 is 15.2 Å². The lowest BCUT2D eigenvalue weighted by atomic mass is 10.1. The average molecular weight is 273 g/mol. The van der Waals surface area contributed by atoms with Crippen LogP contribution in [-0.4, -0.2) is 24.8 Å². The Balaban J connectivity index is 1.92. The van der Waals surface area contributed by atoms with Crippen LogP contribution < -0.4 is 10.5 Å². The summed E-state index contributed by atoms with van der Waals surface area (Å²) in [6.07, 6.45) is 0.423. The van der Waals surface area contributed by atoms with E-state index in [2.05, 4.69) is 4.99 Å². The Morgan fingerprint density at radius 2 is 2.44 bits per heavy atom. The van der Waals surface area contributed by atoms with Gasteiger partial charge in [-0.25, -0.2) is 9.38 Å². The molecule has 0 aliphatic carbocycles. The highest BCUT2D eigenvalue weighted by Crippen LogP contribution is 2.23. The van der Waals surface area contributed by atoms with E-state index in [1.54, 1.807) is 6.07 Å². The minimum atomic E-state index is -0.472. The first-order valence-corrected chi connectivity index (χ1v) is 6.00. The van der Waals surface area contributed by atoms with E-state index in [-0.39, 0.29) is 23.9 Å². The van der Waals surface area contributed by atoms with Gasteiger partial charge in [0.15, 0.2) is 11.6 Å². The van der Waals surface area contributed by atoms with Crippen molar-refractivity contribution in [1.29, 1.82) is 0 Å². The number of hydrogen-bond acceptors (Lipinski definition) is 4. The fourth-order valence-corrected chi connectivity index (χ4v) is 1.93. The van der Waals surface area contributed by atoms with Crippen LogP contribution in [0.2, 0.25) is 5.02 Å². The molecule has 0 radical (unpaired) electrons. The molecule has 0 spiro atoms. The number of aliphatic imine (C=N–C) groups is 1. The van der Waals surface area contributed by atoms with Gasteiger partial charge in [-0.3, -0.25) is 0 Å². The lowest BCUT2D eigenvalue weighted by molar-refractivity contribution is 0.182. The molecule has 1 aromatic carbocycles. The van der Waals surface area contributed by atoms with Crippen molar-refractivity contribution in [3.8, 4) is 5.75 Å². The van der Waals surface area contributed by atoms with Gasteiger partial charge in [-0.15, -0.1) is 0 Å². The smallest absolute Gasteiger partial charge is 0.282 e. The lowest BCUT2D eigenvalue weighted by Gasteiger charge is -2.16. The highest BCUT2D eigenvalue weighted by molar-refractivity contribution is 6.30. The Hall–Kier alpha value is -1.49. The summed E-state index contributed by atoms with van der Waals surface area (Å²) in [4.78, 5) is 4.08. The van der Waals surface area contributed by atoms with Gasteiger partial charge in [-0.2, -0.15) is 0 Å². The third-order valence-electron chi connectivity index (χ3n) is 2.56. The van der Waals surface area contributed by atoms with Crippen molar-refractivity contribution in [2.24, 2.45) is 10.7 Å². The molecule has 0 bridgehead atoms. The van der Waals surface area contributed by atoms with Gasteiger partial charge in [0.2, 0.25) is 0 Å². The number of nitrogens with zero attached hydrogens (tertiary/aromatic N) is 1. The molecule has 0 amide bonds. The molecule has 2 rings (SSSR count). The van der Waals surface area contributed by atoms with Crippen molar-refractivity contribution in [3.63, 3.8) is 0 Å². The van der Waals surface area contributed by atoms with Gasteiger partial charge >= 0.3 is 0 Å². The molecule has 1 heterocycles. The van der Waals surface area contributed by atoms with E-state index < -0.39 is 5.82 Å². The first kappa shape index (κ1) is 13.0. The molecular formula is C12H14ClFN2O2. The van der Waals surface area contributed by atoms with Crippen LogP contribution >= 0.6 is 11.6 Å². The predicted octanol–water partition coefficient (Wildman–Crippen LogP) is 2.35. The van der Waals surface area contributed by atoms with Gasteiger partial charge in [0.25, 0.3) is 6.02 Å². The molecule has 2 N–H and O–H groups in total. The zero-order chi connectivity index (χ0) is 13.1. The summed E-state index contributed by atoms with van der Waals surface area (Å²) < 4.78 is 24.0. The number of ether oxygens (including phenoxy) is 2. The first-order chi connectivity index (χ1) is 8.54. The normalized spacial score (nSPS) is 20.2. The molecule has 0 aromatic heterocycles. The molecule has 1 aromatic rings. The molecule has 0 unspecified atom stereocenters. The van der Waals surface area contributed by atoms with Crippen LogP contribution in [0.3, 0.4) is 0 Å². The number of hydrogen-bond donors (Lipinski definition) is 1. The molecule has 18 heavy (non-hydrogen) atoms. The van der Waals surface area contributed by atoms with Crippen molar-refractivity contribution >= 4 is 17.6 Å². The fraction of sp³-hybridized carbons (Fsp3) is 0.417. The number of rotatable bonds is 4. The van der Waals surface area contributed by atoms with E-state index in [1.807, 2.05) is 6.92 Å². The maximum absolute atomic E-state index is 13.5. The van der Waals surface area contributed by atoms with E-state index in [0.29, 0.717) is 18.1 Å². The summed E-state index contributed by atoms with van der Waals surface area (Å²) in [5.74, 6) is -0.289. The molecule has 98 valence electrons. The Morgan fingerprint density at radius 1 is 1.67 bits per heavy atom. The molecule has 1 aliphatic rings. The maximum atomic E-state index is 13.5. The van der Waals surface area contributed by atoms with Crippen LogP contribution in [0.5, 0.6) is 5.75 Å². The van der Waals surface area contributed by atoms with Crippen molar-refractivity contribution in [3.05, 3.63) is 29.0 Å². The third-order valence-corrected chi connectivity index (χ3v) is 2.79. The molecule has 0 fully saturated rings. The SMILES string of the molecule is C[C@H](C[C@H]1COC(N)=N1)Oc1ccc(Cl)cc1F. The number of nitrogens with two attached hydrogens (primary N) is 1. The summed E-state index contributed by atoms with van der Waals surface area (Å²) in [5.41, 5.74) is 5.41. The van der Waals surface area contributed by atoms with Crippen molar-refractivity contribution in [2.75, 3.05) is 6.61 Å². The van der Waals surface area contributed by atoms with Crippen LogP contribution in [0.25, 0.3) is 0 Å². The number of halogens is 2. The van der Waals surface area contributed by atoms with Gasteiger partial charge in [-0.05, 0) is 25.1 Å². The maximum Gasteiger partial charge on any atom is 0.282 e. The van der Waals surface area contributed by atoms with E-state index in [0.717, 1.165) is 0 Å². The predicted molar refractivity (Wildman–Crippen MR) is 67.5 cm³/mol. The summed E-state index contributed by atoms with van der Waals surface area (Å²) in [6, 6.07) is 4.48. The first-order valence-electron chi connectivity index (χ1n) is 5.62. The molecule has 0 saturated heterocycles. The van der Waals surface area contributed by atoms with Crippen molar-refractivity contribution in [2.45, 2.75) is 25.5 Å². The van der Waals surface area contributed by atoms with E-state index in [4.69, 9.17) is 26.8 Å². The average Bonchev–Trinajstić information content (AvgIpc) is 2.68. The monoisotopic (exact) mass is 272 g/mol. The molecule has 2 atom stereocenters. The van der Waals surface area contributed by atoms with Crippen LogP contribution in [-0.2, 0) is 4.74 Å². The second-order valence-electron chi connectivity index (χ2n) is 4.17. The summed E-state index contributed by atoms with van der Waals surface area (Å²) >= 11 is 5.66. The summed E-state index contributed by atoms with van der Waals surface area (Å²) in [6.45, 7) is 2.29. The standard InChI is InChI=1S/C12H14ClFN2O2/c1-7(4-9-6-17-12(15)16-9)18-11-3-2-8(13)5-10(11)14/h2-3,5,7,9H,4,6H2,1H3,(H2,15,16)/t7-,9+/m1/s1. The molecule has 1 aliphatic heterocycles. The molecule has 6 heteroatoms. The zero-order valence-corrected chi connectivity index (χ0v) is 10.7. The third kappa shape index (κ3) is 3.26. The van der Waals surface area contributed by atoms with Crippen LogP contribution in [0.1, 0.15) is 13.3 Å². The van der Waals surface area contributed by atoms with Crippen molar-refractivity contribution < 1.29 is 13.9 Å². The topological polar surface area (TPSA) is 56.8 Å². The second kappa shape index (κ2) is 5.44. The van der Waals surface area contributed by atoms with Crippen LogP contribution in [0.4, 0.5) is 4.39 Å². The van der Waals surface area contributed by atoms with Gasteiger partial charge in [0.1, 0.15) is 6.61 Å². The van der Waals surface area contributed by atoms with Crippen LogP contribution in [0.15, 0.2) is 23.2 Å². The Kier molecular flexibility index (Phi) is 3.91. The molecular weight excluding hydrogens is 259 g/mol. The minimum absolute atomic E-state index is 0.0321. The lowest BCUT2D eigenvalue weighted by Crippen LogP contribution is -2.20. The highest BCUT2D eigenvalue weighted by atomic mass is 35.5. The van der Waals surface area contributed by atoms with Gasteiger partial charge in [0, 0.05) is 11.4 Å². The van der Waals surface area contributed by atoms with E-state index >= 15 is 0 Å². The van der Waals surface area contributed by atoms with Gasteiger partial charge in [0.05, 0.1) is 12.1 Å². The quantitative estimate of drug-likeness (QED) is 0.915. The largest absolute Gasteiger partial charge is 0.488 e. The van der Waals surface area contributed by atoms with Crippen LogP contribution in [0, 0.1) is 5.82 Å². The minimum Gasteiger partial charge on any atom is -0.488 e. The Labute approximate surface area is 110 Å². The van der Waals surface area contributed by atoms with Gasteiger partial charge in [-0.1, -0.05) is 11.6 Å². The highest BCUT2D eigenvalue weighted by Gasteiger charge is 2.20. The van der Waals surface area contributed by atoms with Crippen molar-refractivity contribution in [1.82, 2.24) is 0 Å². The van der Waals surface area contributed by atoms with E-state index in [9.17, 15) is 4.39 Å². The molecule has 4 nitrogen and oxygen atoms in total.